The number of rotatable bonds is 1. The summed E-state index contributed by atoms with van der Waals surface area (Å²) in [6, 6.07) is -0.399. The number of carbonyl (C=O) groups excluding carboxylic acids is 2. The van der Waals surface area contributed by atoms with E-state index in [-0.39, 0.29) is 5.84 Å². The molecule has 7 heteroatoms. The third-order valence-electron chi connectivity index (χ3n) is 1.51. The average molecular weight is 208 g/mol. The van der Waals surface area contributed by atoms with Crippen molar-refractivity contribution in [3.63, 3.8) is 0 Å². The lowest BCUT2D eigenvalue weighted by Crippen LogP contribution is -2.27. The monoisotopic (exact) mass is 207 g/mol. The molecule has 0 bridgehead atoms. The summed E-state index contributed by atoms with van der Waals surface area (Å²) in [4.78, 5) is 24.4. The lowest BCUT2D eigenvalue weighted by atomic mass is 10.5. The van der Waals surface area contributed by atoms with Crippen molar-refractivity contribution >= 4 is 39.6 Å². The molecule has 0 unspecified atom stereocenters. The van der Waals surface area contributed by atoms with Gasteiger partial charge >= 0.3 is 6.03 Å². The SMILES string of the molecule is CN1C(=O)/C(=N/SCl)N(C)C1=O. The van der Waals surface area contributed by atoms with E-state index >= 15 is 0 Å². The molecular formula is C5H6ClN3O2S. The van der Waals surface area contributed by atoms with Crippen LogP contribution in [0.2, 0.25) is 0 Å². The molecule has 12 heavy (non-hydrogen) atoms. The molecule has 0 radical (unpaired) electrons. The molecule has 1 aliphatic rings. The van der Waals surface area contributed by atoms with E-state index in [0.717, 1.165) is 9.80 Å². The van der Waals surface area contributed by atoms with Crippen LogP contribution in [0.5, 0.6) is 0 Å². The lowest BCUT2D eigenvalue weighted by molar-refractivity contribution is -0.119. The number of imide groups is 1. The van der Waals surface area contributed by atoms with Crippen molar-refractivity contribution < 1.29 is 9.59 Å². The summed E-state index contributed by atoms with van der Waals surface area (Å²) in [7, 11) is 8.09. The van der Waals surface area contributed by atoms with Gasteiger partial charge in [-0.1, -0.05) is 0 Å². The fourth-order valence-corrected chi connectivity index (χ4v) is 1.29. The van der Waals surface area contributed by atoms with Gasteiger partial charge in [0.2, 0.25) is 5.84 Å². The maximum absolute atomic E-state index is 11.2. The molecule has 0 atom stereocenters. The number of amidine groups is 1. The Kier molecular flexibility index (Phi) is 2.58. The topological polar surface area (TPSA) is 53.0 Å². The molecule has 3 amide bonds. The van der Waals surface area contributed by atoms with Gasteiger partial charge in [0.15, 0.2) is 0 Å². The number of urea groups is 1. The summed E-state index contributed by atoms with van der Waals surface area (Å²) >= 11 is 0.629. The van der Waals surface area contributed by atoms with Gasteiger partial charge in [-0.05, 0) is 10.7 Å². The van der Waals surface area contributed by atoms with Crippen molar-refractivity contribution in [2.75, 3.05) is 14.1 Å². The Hall–Kier alpha value is -0.750. The highest BCUT2D eigenvalue weighted by molar-refractivity contribution is 8.20. The van der Waals surface area contributed by atoms with Crippen LogP contribution in [-0.2, 0) is 4.79 Å². The summed E-state index contributed by atoms with van der Waals surface area (Å²) in [5.74, 6) is -0.377. The predicted octanol–water partition coefficient (Wildman–Crippen LogP) is 0.711. The van der Waals surface area contributed by atoms with Crippen LogP contribution in [0, 0.1) is 0 Å². The summed E-state index contributed by atoms with van der Waals surface area (Å²) in [6.45, 7) is 0. The lowest BCUT2D eigenvalue weighted by Gasteiger charge is -2.05. The Morgan fingerprint density at radius 3 is 2.25 bits per heavy atom. The summed E-state index contributed by atoms with van der Waals surface area (Å²) < 4.78 is 3.60. The van der Waals surface area contributed by atoms with Crippen LogP contribution in [0.15, 0.2) is 4.40 Å². The Morgan fingerprint density at radius 2 is 1.92 bits per heavy atom. The minimum absolute atomic E-state index is 0.0579. The van der Waals surface area contributed by atoms with Crippen LogP contribution in [0.4, 0.5) is 4.79 Å². The number of nitrogens with zero attached hydrogens (tertiary/aromatic N) is 3. The fraction of sp³-hybridized carbons (Fsp3) is 0.400. The predicted molar refractivity (Wildman–Crippen MR) is 46.8 cm³/mol. The van der Waals surface area contributed by atoms with Crippen molar-refractivity contribution in [2.24, 2.45) is 4.40 Å². The summed E-state index contributed by atoms with van der Waals surface area (Å²) in [6.07, 6.45) is 0. The molecule has 0 aromatic heterocycles. The highest BCUT2D eigenvalue weighted by atomic mass is 35.7. The number of hydrogen-bond donors (Lipinski definition) is 0. The van der Waals surface area contributed by atoms with E-state index in [1.165, 1.54) is 14.1 Å². The number of likely N-dealkylation sites (N-methyl/N-ethyl adjacent to an activating group) is 2. The maximum Gasteiger partial charge on any atom is 0.332 e. The molecule has 1 rings (SSSR count). The zero-order valence-electron chi connectivity index (χ0n) is 6.44. The molecule has 0 aliphatic carbocycles. The van der Waals surface area contributed by atoms with Crippen LogP contribution >= 0.6 is 21.8 Å². The molecule has 1 aliphatic heterocycles. The molecule has 0 aromatic rings. The molecular weight excluding hydrogens is 202 g/mol. The molecule has 0 saturated carbocycles. The van der Waals surface area contributed by atoms with Gasteiger partial charge in [0.25, 0.3) is 5.91 Å². The van der Waals surface area contributed by atoms with Crippen molar-refractivity contribution in [1.82, 2.24) is 9.80 Å². The quantitative estimate of drug-likeness (QED) is 0.470. The minimum atomic E-state index is -0.435. The Morgan fingerprint density at radius 1 is 1.33 bits per heavy atom. The fourth-order valence-electron chi connectivity index (χ4n) is 0.829. The van der Waals surface area contributed by atoms with Crippen molar-refractivity contribution in [2.45, 2.75) is 0 Å². The zero-order chi connectivity index (χ0) is 9.30. The second-order valence-corrected chi connectivity index (χ2v) is 2.92. The van der Waals surface area contributed by atoms with Gasteiger partial charge in [-0.25, -0.2) is 4.79 Å². The smallest absolute Gasteiger partial charge is 0.276 e. The van der Waals surface area contributed by atoms with Gasteiger partial charge in [-0.3, -0.25) is 14.6 Å². The molecule has 1 saturated heterocycles. The molecule has 5 nitrogen and oxygen atoms in total. The van der Waals surface area contributed by atoms with Crippen LogP contribution in [0.25, 0.3) is 0 Å². The van der Waals surface area contributed by atoms with Gasteiger partial charge in [0.05, 0.1) is 11.2 Å². The Bertz CT molecular complexity index is 267. The number of hydrogen-bond acceptors (Lipinski definition) is 4. The van der Waals surface area contributed by atoms with Crippen LogP contribution in [-0.4, -0.2) is 41.7 Å². The summed E-state index contributed by atoms with van der Waals surface area (Å²) in [5, 5.41) is 0. The van der Waals surface area contributed by atoms with Gasteiger partial charge in [0, 0.05) is 14.1 Å². The summed E-state index contributed by atoms with van der Waals surface area (Å²) in [5.41, 5.74) is 0. The molecule has 1 fully saturated rings. The van der Waals surface area contributed by atoms with Crippen molar-refractivity contribution in [3.8, 4) is 0 Å². The molecule has 1 heterocycles. The minimum Gasteiger partial charge on any atom is -0.276 e. The van der Waals surface area contributed by atoms with Gasteiger partial charge < -0.3 is 0 Å². The van der Waals surface area contributed by atoms with Gasteiger partial charge in [0.1, 0.15) is 0 Å². The highest BCUT2D eigenvalue weighted by Gasteiger charge is 2.37. The first-order valence-electron chi connectivity index (χ1n) is 3.01. The van der Waals surface area contributed by atoms with Crippen LogP contribution < -0.4 is 0 Å². The maximum atomic E-state index is 11.2. The third-order valence-corrected chi connectivity index (χ3v) is 1.96. The highest BCUT2D eigenvalue weighted by Crippen LogP contribution is 2.14. The molecule has 0 N–H and O–H groups in total. The van der Waals surface area contributed by atoms with E-state index in [0.29, 0.717) is 11.2 Å². The van der Waals surface area contributed by atoms with Crippen molar-refractivity contribution in [3.05, 3.63) is 0 Å². The average Bonchev–Trinajstić information content (AvgIpc) is 2.23. The van der Waals surface area contributed by atoms with Crippen LogP contribution in [0.1, 0.15) is 0 Å². The number of halogens is 1. The van der Waals surface area contributed by atoms with Gasteiger partial charge in [-0.2, -0.15) is 4.40 Å². The second-order valence-electron chi connectivity index (χ2n) is 2.19. The van der Waals surface area contributed by atoms with E-state index < -0.39 is 11.9 Å². The Balaban J connectivity index is 2.99. The van der Waals surface area contributed by atoms with Crippen molar-refractivity contribution in [1.29, 1.82) is 0 Å². The molecule has 66 valence electrons. The first-order valence-corrected chi connectivity index (χ1v) is 4.61. The van der Waals surface area contributed by atoms with E-state index in [1.54, 1.807) is 0 Å². The van der Waals surface area contributed by atoms with Gasteiger partial charge in [-0.15, -0.1) is 0 Å². The van der Waals surface area contributed by atoms with E-state index in [2.05, 4.69) is 4.40 Å². The van der Waals surface area contributed by atoms with E-state index in [1.807, 2.05) is 0 Å². The largest absolute Gasteiger partial charge is 0.332 e. The normalized spacial score (nSPS) is 21.4. The van der Waals surface area contributed by atoms with Crippen LogP contribution in [0.3, 0.4) is 0 Å². The number of carbonyl (C=O) groups is 2. The van der Waals surface area contributed by atoms with E-state index in [4.69, 9.17) is 10.7 Å². The zero-order valence-corrected chi connectivity index (χ0v) is 8.02. The molecule has 0 aromatic carbocycles. The Labute approximate surface area is 78.0 Å². The standard InChI is InChI=1S/C5H6ClN3O2S/c1-8-3(7-12-6)4(10)9(2)5(8)11/h1-2H3/b7-3-. The second kappa shape index (κ2) is 3.32. The van der Waals surface area contributed by atoms with E-state index in [9.17, 15) is 9.59 Å². The third kappa shape index (κ3) is 1.27. The first kappa shape index (κ1) is 9.34. The molecule has 0 spiro atoms. The number of amides is 3. The first-order chi connectivity index (χ1) is 5.59.